The van der Waals surface area contributed by atoms with Crippen molar-refractivity contribution < 1.29 is 8.42 Å². The third-order valence-electron chi connectivity index (χ3n) is 1.71. The summed E-state index contributed by atoms with van der Waals surface area (Å²) in [6, 6.07) is 4.51. The van der Waals surface area contributed by atoms with E-state index in [9.17, 15) is 8.42 Å². The number of nitriles is 1. The molecule has 0 aliphatic carbocycles. The molecular formula is C8H4Cl3NO2S. The maximum absolute atomic E-state index is 11.2. The van der Waals surface area contributed by atoms with Gasteiger partial charge in [0.1, 0.15) is 4.90 Å². The van der Waals surface area contributed by atoms with E-state index < -0.39 is 9.05 Å². The van der Waals surface area contributed by atoms with E-state index in [0.717, 1.165) is 0 Å². The summed E-state index contributed by atoms with van der Waals surface area (Å²) in [6.45, 7) is 0. The molecule has 7 heteroatoms. The maximum atomic E-state index is 11.2. The van der Waals surface area contributed by atoms with Crippen LogP contribution in [0, 0.1) is 11.3 Å². The summed E-state index contributed by atoms with van der Waals surface area (Å²) in [7, 11) is 1.19. The molecular weight excluding hydrogens is 281 g/mol. The zero-order valence-corrected chi connectivity index (χ0v) is 10.3. The molecule has 80 valence electrons. The van der Waals surface area contributed by atoms with Crippen LogP contribution in [0.4, 0.5) is 0 Å². The highest BCUT2D eigenvalue weighted by atomic mass is 35.7. The Morgan fingerprint density at radius 1 is 1.40 bits per heavy atom. The van der Waals surface area contributed by atoms with Gasteiger partial charge in [0, 0.05) is 16.2 Å². The van der Waals surface area contributed by atoms with Gasteiger partial charge in [-0.15, -0.1) is 11.6 Å². The van der Waals surface area contributed by atoms with Gasteiger partial charge in [-0.3, -0.25) is 0 Å². The molecule has 3 nitrogen and oxygen atoms in total. The van der Waals surface area contributed by atoms with Crippen LogP contribution < -0.4 is 0 Å². The summed E-state index contributed by atoms with van der Waals surface area (Å²) in [5.41, 5.74) is 0.273. The van der Waals surface area contributed by atoms with Gasteiger partial charge < -0.3 is 0 Å². The lowest BCUT2D eigenvalue weighted by Gasteiger charge is -2.07. The molecule has 1 aromatic carbocycles. The van der Waals surface area contributed by atoms with E-state index in [0.29, 0.717) is 0 Å². The van der Waals surface area contributed by atoms with E-state index in [1.165, 1.54) is 12.1 Å². The Balaban J connectivity index is 3.71. The minimum Gasteiger partial charge on any atom is -0.207 e. The van der Waals surface area contributed by atoms with Gasteiger partial charge in [0.2, 0.25) is 0 Å². The van der Waals surface area contributed by atoms with Crippen LogP contribution in [0.1, 0.15) is 11.1 Å². The Morgan fingerprint density at radius 2 is 2.00 bits per heavy atom. The molecule has 0 atom stereocenters. The van der Waals surface area contributed by atoms with E-state index >= 15 is 0 Å². The van der Waals surface area contributed by atoms with Crippen molar-refractivity contribution in [2.24, 2.45) is 0 Å². The van der Waals surface area contributed by atoms with E-state index in [2.05, 4.69) is 0 Å². The Labute approximate surface area is 102 Å². The van der Waals surface area contributed by atoms with Crippen molar-refractivity contribution in [1.82, 2.24) is 0 Å². The summed E-state index contributed by atoms with van der Waals surface area (Å²) < 4.78 is 22.4. The molecule has 0 heterocycles. The van der Waals surface area contributed by atoms with Crippen LogP contribution >= 0.6 is 33.9 Å². The standard InChI is InChI=1S/C8H4Cl3NO2S/c9-3-6-5(4-12)1-2-7(10)8(6)15(11,13)14/h1-2H,3H2. The second-order valence-electron chi connectivity index (χ2n) is 2.59. The smallest absolute Gasteiger partial charge is 0.207 e. The number of halogens is 3. The number of hydrogen-bond donors (Lipinski definition) is 0. The molecule has 1 aromatic rings. The molecule has 0 aliphatic heterocycles. The molecule has 0 fully saturated rings. The van der Waals surface area contributed by atoms with Gasteiger partial charge in [-0.2, -0.15) is 5.26 Å². The fourth-order valence-corrected chi connectivity index (χ4v) is 3.36. The van der Waals surface area contributed by atoms with Crippen LogP contribution in [-0.4, -0.2) is 8.42 Å². The number of nitrogens with zero attached hydrogens (tertiary/aromatic N) is 1. The van der Waals surface area contributed by atoms with Crippen molar-refractivity contribution in [3.63, 3.8) is 0 Å². The Hall–Kier alpha value is -0.470. The van der Waals surface area contributed by atoms with Gasteiger partial charge >= 0.3 is 0 Å². The molecule has 0 spiro atoms. The van der Waals surface area contributed by atoms with Crippen molar-refractivity contribution in [2.45, 2.75) is 10.8 Å². The van der Waals surface area contributed by atoms with Crippen LogP contribution in [0.5, 0.6) is 0 Å². The molecule has 0 N–H and O–H groups in total. The highest BCUT2D eigenvalue weighted by molar-refractivity contribution is 8.13. The zero-order chi connectivity index (χ0) is 11.6. The van der Waals surface area contributed by atoms with Crippen molar-refractivity contribution in [1.29, 1.82) is 5.26 Å². The highest BCUT2D eigenvalue weighted by Crippen LogP contribution is 2.31. The largest absolute Gasteiger partial charge is 0.263 e. The van der Waals surface area contributed by atoms with Gasteiger partial charge in [0.05, 0.1) is 22.5 Å². The Bertz CT molecular complexity index is 534. The molecule has 0 saturated carbocycles. The SMILES string of the molecule is N#Cc1ccc(Cl)c(S(=O)(=O)Cl)c1CCl. The predicted octanol–water partition coefficient (Wildman–Crippen LogP) is 2.88. The molecule has 0 aliphatic rings. The van der Waals surface area contributed by atoms with Crippen molar-refractivity contribution in [3.8, 4) is 6.07 Å². The molecule has 0 unspecified atom stereocenters. The summed E-state index contributed by atoms with van der Waals surface area (Å²) in [5.74, 6) is -0.148. The molecule has 0 bridgehead atoms. The first-order valence-corrected chi connectivity index (χ1v) is 6.86. The first kappa shape index (κ1) is 12.6. The van der Waals surface area contributed by atoms with Gasteiger partial charge in [-0.25, -0.2) is 8.42 Å². The summed E-state index contributed by atoms with van der Waals surface area (Å²) in [5, 5.41) is 8.70. The summed E-state index contributed by atoms with van der Waals surface area (Å²) in [6.07, 6.45) is 0. The topological polar surface area (TPSA) is 57.9 Å². The summed E-state index contributed by atoms with van der Waals surface area (Å²) >= 11 is 11.3. The van der Waals surface area contributed by atoms with Gasteiger partial charge in [0.15, 0.2) is 0 Å². The lowest BCUT2D eigenvalue weighted by atomic mass is 10.1. The lowest BCUT2D eigenvalue weighted by Crippen LogP contribution is -2.00. The van der Waals surface area contributed by atoms with E-state index in [4.69, 9.17) is 39.1 Å². The van der Waals surface area contributed by atoms with E-state index in [1.807, 2.05) is 6.07 Å². The normalized spacial score (nSPS) is 11.1. The number of alkyl halides is 1. The van der Waals surface area contributed by atoms with Crippen molar-refractivity contribution in [3.05, 3.63) is 28.3 Å². The third-order valence-corrected chi connectivity index (χ3v) is 3.82. The first-order valence-electron chi connectivity index (χ1n) is 3.64. The quantitative estimate of drug-likeness (QED) is 0.620. The predicted molar refractivity (Wildman–Crippen MR) is 58.8 cm³/mol. The van der Waals surface area contributed by atoms with Gasteiger partial charge in [0.25, 0.3) is 9.05 Å². The minimum absolute atomic E-state index is 0.0420. The molecule has 0 amide bonds. The van der Waals surface area contributed by atoms with E-state index in [1.54, 1.807) is 0 Å². The monoisotopic (exact) mass is 283 g/mol. The molecule has 15 heavy (non-hydrogen) atoms. The summed E-state index contributed by atoms with van der Waals surface area (Å²) in [4.78, 5) is -0.292. The van der Waals surface area contributed by atoms with Gasteiger partial charge in [-0.05, 0) is 12.1 Å². The molecule has 0 saturated heterocycles. The number of benzene rings is 1. The minimum atomic E-state index is -4.00. The van der Waals surface area contributed by atoms with E-state index in [-0.39, 0.29) is 26.9 Å². The Morgan fingerprint density at radius 3 is 2.40 bits per heavy atom. The van der Waals surface area contributed by atoms with Crippen LogP contribution in [0.25, 0.3) is 0 Å². The Kier molecular flexibility index (Phi) is 3.85. The molecule has 0 aromatic heterocycles. The zero-order valence-electron chi connectivity index (χ0n) is 7.17. The van der Waals surface area contributed by atoms with Gasteiger partial charge in [-0.1, -0.05) is 11.6 Å². The van der Waals surface area contributed by atoms with Crippen LogP contribution in [0.3, 0.4) is 0 Å². The number of rotatable bonds is 2. The highest BCUT2D eigenvalue weighted by Gasteiger charge is 2.21. The van der Waals surface area contributed by atoms with Crippen molar-refractivity contribution >= 4 is 42.9 Å². The first-order chi connectivity index (χ1) is 6.91. The second-order valence-corrected chi connectivity index (χ2v) is 5.76. The lowest BCUT2D eigenvalue weighted by molar-refractivity contribution is 0.609. The average Bonchev–Trinajstić information content (AvgIpc) is 2.15. The molecule has 0 radical (unpaired) electrons. The average molecular weight is 285 g/mol. The maximum Gasteiger partial charge on any atom is 0.263 e. The van der Waals surface area contributed by atoms with Crippen LogP contribution in [0.15, 0.2) is 17.0 Å². The molecule has 1 rings (SSSR count). The fraction of sp³-hybridized carbons (Fsp3) is 0.125. The van der Waals surface area contributed by atoms with Crippen LogP contribution in [0.2, 0.25) is 5.02 Å². The second kappa shape index (κ2) is 4.58. The number of hydrogen-bond acceptors (Lipinski definition) is 3. The van der Waals surface area contributed by atoms with Crippen LogP contribution in [-0.2, 0) is 14.9 Å². The third kappa shape index (κ3) is 2.56. The fourth-order valence-electron chi connectivity index (χ4n) is 1.10. The van der Waals surface area contributed by atoms with Crippen molar-refractivity contribution in [2.75, 3.05) is 0 Å².